The molecule has 1 aromatic carbocycles. The molecule has 0 bridgehead atoms. The first-order chi connectivity index (χ1) is 14.8. The van der Waals surface area contributed by atoms with E-state index in [0.29, 0.717) is 35.8 Å². The minimum atomic E-state index is -3.64. The van der Waals surface area contributed by atoms with E-state index >= 15 is 0 Å². The van der Waals surface area contributed by atoms with Crippen LogP contribution in [0.4, 0.5) is 0 Å². The van der Waals surface area contributed by atoms with Gasteiger partial charge in [0.2, 0.25) is 10.0 Å². The summed E-state index contributed by atoms with van der Waals surface area (Å²) >= 11 is 6.31. The third-order valence-corrected chi connectivity index (χ3v) is 7.31. The zero-order valence-corrected chi connectivity index (χ0v) is 21.0. The highest BCUT2D eigenvalue weighted by Gasteiger charge is 2.24. The highest BCUT2D eigenvalue weighted by atomic mass is 35.5. The topological polar surface area (TPSA) is 105 Å². The van der Waals surface area contributed by atoms with Crippen LogP contribution in [-0.4, -0.2) is 51.0 Å². The molecule has 0 radical (unpaired) electrons. The minimum Gasteiger partial charge on any atom is -0.492 e. The van der Waals surface area contributed by atoms with Crippen molar-refractivity contribution < 1.29 is 23.1 Å². The number of rotatable bonds is 14. The van der Waals surface area contributed by atoms with E-state index in [9.17, 15) is 18.3 Å². The molecule has 7 nitrogen and oxygen atoms in total. The van der Waals surface area contributed by atoms with Crippen LogP contribution in [-0.2, 0) is 21.2 Å². The molecule has 0 aliphatic carbocycles. The fourth-order valence-electron chi connectivity index (χ4n) is 3.70. The minimum absolute atomic E-state index is 0. The average molecular weight is 512 g/mol. The van der Waals surface area contributed by atoms with Crippen LogP contribution in [0.5, 0.6) is 5.75 Å². The number of aliphatic carboxylic acids is 1. The van der Waals surface area contributed by atoms with E-state index in [4.69, 9.17) is 16.3 Å². The predicted molar refractivity (Wildman–Crippen MR) is 131 cm³/mol. The Morgan fingerprint density at radius 3 is 2.62 bits per heavy atom. The van der Waals surface area contributed by atoms with Gasteiger partial charge >= 0.3 is 5.97 Å². The fraction of sp³-hybridized carbons (Fsp3) is 0.682. The number of carboxylic acids is 1. The molecule has 1 aliphatic heterocycles. The molecule has 0 spiro atoms. The number of ether oxygens (including phenoxy) is 1. The number of hydrogen-bond acceptors (Lipinski definition) is 5. The lowest BCUT2D eigenvalue weighted by molar-refractivity contribution is -0.138. The largest absolute Gasteiger partial charge is 0.492 e. The summed E-state index contributed by atoms with van der Waals surface area (Å²) in [6.45, 7) is 4.70. The number of carboxylic acid groups (broad SMARTS) is 1. The Bertz CT molecular complexity index is 802. The lowest BCUT2D eigenvalue weighted by Crippen LogP contribution is -2.43. The number of piperidine rings is 1. The van der Waals surface area contributed by atoms with Gasteiger partial charge in [-0.1, -0.05) is 37.4 Å². The van der Waals surface area contributed by atoms with Crippen molar-refractivity contribution in [1.29, 1.82) is 0 Å². The van der Waals surface area contributed by atoms with Gasteiger partial charge in [0.05, 0.1) is 17.4 Å². The molecule has 1 aromatic rings. The molecule has 3 N–H and O–H groups in total. The number of hydrogen-bond donors (Lipinski definition) is 3. The van der Waals surface area contributed by atoms with Crippen LogP contribution in [0.3, 0.4) is 0 Å². The second kappa shape index (κ2) is 15.0. The summed E-state index contributed by atoms with van der Waals surface area (Å²) < 4.78 is 32.2. The highest BCUT2D eigenvalue weighted by molar-refractivity contribution is 7.89. The molecule has 0 aromatic heterocycles. The Morgan fingerprint density at radius 2 is 2.00 bits per heavy atom. The van der Waals surface area contributed by atoms with Gasteiger partial charge < -0.3 is 15.2 Å². The monoisotopic (exact) mass is 510 g/mol. The fourth-order valence-corrected chi connectivity index (χ4v) is 5.36. The van der Waals surface area contributed by atoms with E-state index in [-0.39, 0.29) is 24.6 Å². The third-order valence-electron chi connectivity index (χ3n) is 5.55. The molecule has 0 amide bonds. The Labute approximate surface area is 203 Å². The standard InChI is InChI=1S/C22H35ClN2O5S.ClH/c1-2-3-14-31(28,29)25-20(22(26)27)16-18-7-8-21(19(23)15-18)30-13-5-4-6-17-9-11-24-12-10-17;/h7-8,15,17,20,24-25H,2-6,9-14,16H2,1H3,(H,26,27);1H/t20-;/m0./s1. The molecule has 184 valence electrons. The third kappa shape index (κ3) is 10.7. The number of benzene rings is 1. The van der Waals surface area contributed by atoms with Gasteiger partial charge in [-0.2, -0.15) is 0 Å². The van der Waals surface area contributed by atoms with Crippen LogP contribution >= 0.6 is 24.0 Å². The molecule has 32 heavy (non-hydrogen) atoms. The summed E-state index contributed by atoms with van der Waals surface area (Å²) in [4.78, 5) is 11.5. The van der Waals surface area contributed by atoms with Crippen molar-refractivity contribution in [3.05, 3.63) is 28.8 Å². The zero-order chi connectivity index (χ0) is 22.7. The summed E-state index contributed by atoms with van der Waals surface area (Å²) in [5.74, 6) is 0.0667. The van der Waals surface area contributed by atoms with Gasteiger partial charge in [0.15, 0.2) is 0 Å². The van der Waals surface area contributed by atoms with Crippen LogP contribution < -0.4 is 14.8 Å². The van der Waals surface area contributed by atoms with Crippen LogP contribution in [0.15, 0.2) is 18.2 Å². The summed E-state index contributed by atoms with van der Waals surface area (Å²) in [5.41, 5.74) is 0.633. The summed E-state index contributed by atoms with van der Waals surface area (Å²) in [5, 5.41) is 13.2. The van der Waals surface area contributed by atoms with Crippen LogP contribution in [0.1, 0.15) is 57.4 Å². The zero-order valence-electron chi connectivity index (χ0n) is 18.6. The van der Waals surface area contributed by atoms with Crippen molar-refractivity contribution in [2.45, 2.75) is 64.3 Å². The van der Waals surface area contributed by atoms with Crippen LogP contribution in [0, 0.1) is 5.92 Å². The Balaban J connectivity index is 0.00000512. The SMILES string of the molecule is CCCCS(=O)(=O)N[C@@H](Cc1ccc(OCCCCC2CCNCC2)c(Cl)c1)C(=O)O.Cl. The van der Waals surface area contributed by atoms with E-state index in [2.05, 4.69) is 10.0 Å². The molecule has 10 heteroatoms. The molecule has 1 saturated heterocycles. The number of carbonyl (C=O) groups is 1. The molecule has 1 atom stereocenters. The summed E-state index contributed by atoms with van der Waals surface area (Å²) in [6.07, 6.45) is 7.02. The van der Waals surface area contributed by atoms with Gasteiger partial charge in [-0.3, -0.25) is 4.79 Å². The lowest BCUT2D eigenvalue weighted by Gasteiger charge is -2.22. The second-order valence-electron chi connectivity index (χ2n) is 8.19. The van der Waals surface area contributed by atoms with Gasteiger partial charge in [-0.25, -0.2) is 13.1 Å². The maximum atomic E-state index is 12.1. The molecule has 1 heterocycles. The number of sulfonamides is 1. The van der Waals surface area contributed by atoms with Crippen LogP contribution in [0.25, 0.3) is 0 Å². The molecule has 1 aliphatic rings. The van der Waals surface area contributed by atoms with Crippen molar-refractivity contribution in [2.24, 2.45) is 5.92 Å². The number of unbranched alkanes of at least 4 members (excludes halogenated alkanes) is 2. The second-order valence-corrected chi connectivity index (χ2v) is 10.5. The highest BCUT2D eigenvalue weighted by Crippen LogP contribution is 2.27. The molecule has 2 rings (SSSR count). The molecular formula is C22H36Cl2N2O5S. The van der Waals surface area contributed by atoms with Gasteiger partial charge in [0.1, 0.15) is 11.8 Å². The predicted octanol–water partition coefficient (Wildman–Crippen LogP) is 4.03. The maximum absolute atomic E-state index is 12.1. The first-order valence-electron chi connectivity index (χ1n) is 11.2. The average Bonchev–Trinajstić information content (AvgIpc) is 2.73. The van der Waals surface area contributed by atoms with E-state index < -0.39 is 22.0 Å². The van der Waals surface area contributed by atoms with Crippen molar-refractivity contribution in [2.75, 3.05) is 25.4 Å². The number of nitrogens with one attached hydrogen (secondary N) is 2. The van der Waals surface area contributed by atoms with Crippen LogP contribution in [0.2, 0.25) is 5.02 Å². The van der Waals surface area contributed by atoms with Crippen molar-refractivity contribution in [3.63, 3.8) is 0 Å². The van der Waals surface area contributed by atoms with E-state index in [1.54, 1.807) is 18.2 Å². The first kappa shape index (κ1) is 29.0. The maximum Gasteiger partial charge on any atom is 0.322 e. The quantitative estimate of drug-likeness (QED) is 0.326. The molecular weight excluding hydrogens is 475 g/mol. The Morgan fingerprint density at radius 1 is 1.28 bits per heavy atom. The molecule has 0 saturated carbocycles. The van der Waals surface area contributed by atoms with Crippen molar-refractivity contribution in [3.8, 4) is 5.75 Å². The van der Waals surface area contributed by atoms with E-state index in [0.717, 1.165) is 31.8 Å². The summed E-state index contributed by atoms with van der Waals surface area (Å²) in [6, 6.07) is 3.85. The van der Waals surface area contributed by atoms with Gasteiger partial charge in [0, 0.05) is 0 Å². The normalized spacial score (nSPS) is 15.7. The summed E-state index contributed by atoms with van der Waals surface area (Å²) in [7, 11) is -3.64. The van der Waals surface area contributed by atoms with Gasteiger partial charge in [0.25, 0.3) is 0 Å². The van der Waals surface area contributed by atoms with Crippen molar-refractivity contribution in [1.82, 2.24) is 10.0 Å². The molecule has 0 unspecified atom stereocenters. The smallest absolute Gasteiger partial charge is 0.322 e. The van der Waals surface area contributed by atoms with Gasteiger partial charge in [-0.05, 0) is 75.2 Å². The number of halogens is 2. The van der Waals surface area contributed by atoms with E-state index in [1.165, 1.54) is 19.3 Å². The Hall–Kier alpha value is -1.06. The van der Waals surface area contributed by atoms with Gasteiger partial charge in [-0.15, -0.1) is 12.4 Å². The van der Waals surface area contributed by atoms with Crippen molar-refractivity contribution >= 4 is 40.0 Å². The first-order valence-corrected chi connectivity index (χ1v) is 13.2. The van der Waals surface area contributed by atoms with E-state index in [1.807, 2.05) is 6.92 Å². The Kier molecular flexibility index (Phi) is 13.5. The molecule has 1 fully saturated rings. The lowest BCUT2D eigenvalue weighted by atomic mass is 9.93.